The molecular weight excluding hydrogens is 235 g/mol. The molecule has 0 amide bonds. The Labute approximate surface area is 105 Å². The van der Waals surface area contributed by atoms with Gasteiger partial charge in [0.25, 0.3) is 0 Å². The summed E-state index contributed by atoms with van der Waals surface area (Å²) in [5.41, 5.74) is 3.51. The molecule has 4 heteroatoms. The van der Waals surface area contributed by atoms with Crippen LogP contribution in [0.3, 0.4) is 0 Å². The summed E-state index contributed by atoms with van der Waals surface area (Å²) in [4.78, 5) is 7.10. The van der Waals surface area contributed by atoms with Gasteiger partial charge in [0.2, 0.25) is 0 Å². The second kappa shape index (κ2) is 4.75. The molecule has 0 unspecified atom stereocenters. The van der Waals surface area contributed by atoms with Gasteiger partial charge in [-0.15, -0.1) is 0 Å². The second-order valence-corrected chi connectivity index (χ2v) is 4.32. The highest BCUT2D eigenvalue weighted by molar-refractivity contribution is 7.71. The van der Waals surface area contributed by atoms with Crippen LogP contribution in [0.15, 0.2) is 24.5 Å². The van der Waals surface area contributed by atoms with Gasteiger partial charge in [-0.1, -0.05) is 19.1 Å². The lowest BCUT2D eigenvalue weighted by Gasteiger charge is -2.08. The topological polar surface area (TPSA) is 28.7 Å². The van der Waals surface area contributed by atoms with Gasteiger partial charge >= 0.3 is 0 Å². The van der Waals surface area contributed by atoms with E-state index in [9.17, 15) is 4.39 Å². The van der Waals surface area contributed by atoms with Crippen molar-refractivity contribution < 1.29 is 4.39 Å². The van der Waals surface area contributed by atoms with Gasteiger partial charge in [0, 0.05) is 11.1 Å². The number of aromatic nitrogens is 2. The number of benzene rings is 1. The van der Waals surface area contributed by atoms with Crippen LogP contribution in [0, 0.1) is 17.4 Å². The van der Waals surface area contributed by atoms with E-state index in [2.05, 4.69) is 9.97 Å². The van der Waals surface area contributed by atoms with Crippen molar-refractivity contribution in [3.05, 3.63) is 46.1 Å². The van der Waals surface area contributed by atoms with E-state index in [1.165, 1.54) is 12.1 Å². The fourth-order valence-electron chi connectivity index (χ4n) is 1.89. The van der Waals surface area contributed by atoms with Crippen molar-refractivity contribution in [1.29, 1.82) is 0 Å². The number of nitrogens with one attached hydrogen (secondary N) is 1. The Balaban J connectivity index is 2.68. The highest BCUT2D eigenvalue weighted by Gasteiger charge is 2.08. The maximum Gasteiger partial charge on any atom is 0.133 e. The number of rotatable bonds is 2. The molecule has 2 nitrogen and oxygen atoms in total. The molecule has 0 radical (unpaired) electrons. The largest absolute Gasteiger partial charge is 0.346 e. The van der Waals surface area contributed by atoms with Crippen LogP contribution in [0.1, 0.15) is 18.1 Å². The van der Waals surface area contributed by atoms with Crippen molar-refractivity contribution in [2.45, 2.75) is 20.3 Å². The summed E-state index contributed by atoms with van der Waals surface area (Å²) in [6.07, 6.45) is 2.32. The molecule has 2 aromatic rings. The first-order valence-corrected chi connectivity index (χ1v) is 5.86. The van der Waals surface area contributed by atoms with E-state index in [0.717, 1.165) is 28.8 Å². The Morgan fingerprint density at radius 3 is 2.76 bits per heavy atom. The van der Waals surface area contributed by atoms with Gasteiger partial charge in [-0.3, -0.25) is 0 Å². The fourth-order valence-corrected chi connectivity index (χ4v) is 2.19. The van der Waals surface area contributed by atoms with Gasteiger partial charge in [-0.25, -0.2) is 9.37 Å². The Hall–Kier alpha value is -1.55. The van der Waals surface area contributed by atoms with Crippen LogP contribution in [-0.2, 0) is 6.42 Å². The number of halogens is 1. The van der Waals surface area contributed by atoms with Crippen LogP contribution in [0.5, 0.6) is 0 Å². The number of aryl methyl sites for hydroxylation is 1. The van der Waals surface area contributed by atoms with Crippen molar-refractivity contribution in [3.63, 3.8) is 0 Å². The second-order valence-electron chi connectivity index (χ2n) is 3.93. The van der Waals surface area contributed by atoms with E-state index in [1.54, 1.807) is 6.33 Å². The predicted molar refractivity (Wildman–Crippen MR) is 68.9 cm³/mol. The molecule has 0 aliphatic rings. The third kappa shape index (κ3) is 2.42. The molecule has 0 bridgehead atoms. The smallest absolute Gasteiger partial charge is 0.133 e. The lowest BCUT2D eigenvalue weighted by molar-refractivity contribution is 0.627. The molecule has 0 aliphatic carbocycles. The monoisotopic (exact) mass is 248 g/mol. The van der Waals surface area contributed by atoms with Crippen molar-refractivity contribution in [2.24, 2.45) is 0 Å². The van der Waals surface area contributed by atoms with Crippen LogP contribution >= 0.6 is 12.2 Å². The molecule has 88 valence electrons. The van der Waals surface area contributed by atoms with Crippen LogP contribution < -0.4 is 0 Å². The average Bonchev–Trinajstić information content (AvgIpc) is 2.27. The minimum Gasteiger partial charge on any atom is -0.346 e. The first-order valence-electron chi connectivity index (χ1n) is 5.46. The van der Waals surface area contributed by atoms with E-state index in [4.69, 9.17) is 12.2 Å². The van der Waals surface area contributed by atoms with Crippen LogP contribution in [-0.4, -0.2) is 9.97 Å². The predicted octanol–water partition coefficient (Wildman–Crippen LogP) is 3.82. The first kappa shape index (κ1) is 11.9. The number of H-pyrrole nitrogens is 1. The normalized spacial score (nSPS) is 10.5. The molecule has 0 saturated heterocycles. The molecule has 1 aromatic carbocycles. The molecule has 0 atom stereocenters. The number of aromatic amines is 1. The van der Waals surface area contributed by atoms with Crippen LogP contribution in [0.2, 0.25) is 0 Å². The summed E-state index contributed by atoms with van der Waals surface area (Å²) in [6, 6.07) is 4.94. The van der Waals surface area contributed by atoms with E-state index >= 15 is 0 Å². The molecule has 1 aromatic heterocycles. The van der Waals surface area contributed by atoms with Crippen molar-refractivity contribution in [2.75, 3.05) is 0 Å². The summed E-state index contributed by atoms with van der Waals surface area (Å²) in [6.45, 7) is 3.88. The highest BCUT2D eigenvalue weighted by Crippen LogP contribution is 2.23. The molecule has 1 heterocycles. The molecule has 2 rings (SSSR count). The number of hydrogen-bond acceptors (Lipinski definition) is 2. The van der Waals surface area contributed by atoms with Gasteiger partial charge in [0.1, 0.15) is 10.5 Å². The summed E-state index contributed by atoms with van der Waals surface area (Å²) < 4.78 is 14.0. The number of hydrogen-bond donors (Lipinski definition) is 1. The van der Waals surface area contributed by atoms with Gasteiger partial charge < -0.3 is 4.98 Å². The SMILES string of the molecule is CCc1c(-c2cc(C)cc(F)c2)[nH]cnc1=S. The van der Waals surface area contributed by atoms with Crippen molar-refractivity contribution in [1.82, 2.24) is 9.97 Å². The average molecular weight is 248 g/mol. The molecule has 0 spiro atoms. The van der Waals surface area contributed by atoms with Crippen molar-refractivity contribution >= 4 is 12.2 Å². The van der Waals surface area contributed by atoms with Gasteiger partial charge in [-0.2, -0.15) is 0 Å². The van der Waals surface area contributed by atoms with E-state index in [-0.39, 0.29) is 5.82 Å². The standard InChI is InChI=1S/C13H13FN2S/c1-3-11-12(15-7-16-13(11)17)9-4-8(2)5-10(14)6-9/h4-7H,3H2,1-2H3,(H,15,16,17). The maximum atomic E-state index is 13.4. The number of nitrogens with zero attached hydrogens (tertiary/aromatic N) is 1. The van der Waals surface area contributed by atoms with E-state index in [1.807, 2.05) is 19.9 Å². The van der Waals surface area contributed by atoms with Gasteiger partial charge in [0.05, 0.1) is 12.0 Å². The van der Waals surface area contributed by atoms with Crippen LogP contribution in [0.4, 0.5) is 4.39 Å². The Kier molecular flexibility index (Phi) is 3.33. The first-order chi connectivity index (χ1) is 8.11. The zero-order chi connectivity index (χ0) is 12.4. The van der Waals surface area contributed by atoms with Crippen LogP contribution in [0.25, 0.3) is 11.3 Å². The molecular formula is C13H13FN2S. The quantitative estimate of drug-likeness (QED) is 0.818. The third-order valence-corrected chi connectivity index (χ3v) is 2.99. The summed E-state index contributed by atoms with van der Waals surface area (Å²) in [5.74, 6) is -0.238. The highest BCUT2D eigenvalue weighted by atomic mass is 32.1. The summed E-state index contributed by atoms with van der Waals surface area (Å²) in [7, 11) is 0. The fraction of sp³-hybridized carbons (Fsp3) is 0.231. The Morgan fingerprint density at radius 2 is 2.12 bits per heavy atom. The lowest BCUT2D eigenvalue weighted by Crippen LogP contribution is -1.96. The lowest BCUT2D eigenvalue weighted by atomic mass is 10.0. The zero-order valence-corrected chi connectivity index (χ0v) is 10.6. The minimum atomic E-state index is -0.238. The van der Waals surface area contributed by atoms with Crippen molar-refractivity contribution in [3.8, 4) is 11.3 Å². The molecule has 0 aliphatic heterocycles. The third-order valence-electron chi connectivity index (χ3n) is 2.63. The molecule has 1 N–H and O–H groups in total. The Morgan fingerprint density at radius 1 is 1.35 bits per heavy atom. The van der Waals surface area contributed by atoms with E-state index in [0.29, 0.717) is 4.64 Å². The molecule has 0 saturated carbocycles. The molecule has 0 fully saturated rings. The van der Waals surface area contributed by atoms with Gasteiger partial charge in [0.15, 0.2) is 0 Å². The van der Waals surface area contributed by atoms with Gasteiger partial charge in [-0.05, 0) is 37.1 Å². The summed E-state index contributed by atoms with van der Waals surface area (Å²) in [5, 5.41) is 0. The Bertz CT molecular complexity index is 584. The maximum absolute atomic E-state index is 13.4. The summed E-state index contributed by atoms with van der Waals surface area (Å²) >= 11 is 5.18. The van der Waals surface area contributed by atoms with E-state index < -0.39 is 0 Å². The zero-order valence-electron chi connectivity index (χ0n) is 9.75. The minimum absolute atomic E-state index is 0.238. The molecule has 17 heavy (non-hydrogen) atoms.